The SMILES string of the molecule is N#Cc1ccc(-c2cccs2)nc1SCCc1ccccc1. The molecule has 0 atom stereocenters. The molecule has 0 spiro atoms. The molecular formula is C18H14N2S2. The van der Waals surface area contributed by atoms with E-state index in [0.29, 0.717) is 5.56 Å². The zero-order valence-electron chi connectivity index (χ0n) is 11.9. The number of pyridine rings is 1. The van der Waals surface area contributed by atoms with Crippen molar-refractivity contribution in [1.29, 1.82) is 5.26 Å². The Morgan fingerprint density at radius 3 is 2.64 bits per heavy atom. The Hall–Kier alpha value is -2.09. The molecule has 2 heterocycles. The van der Waals surface area contributed by atoms with E-state index in [9.17, 15) is 5.26 Å². The van der Waals surface area contributed by atoms with Crippen molar-refractivity contribution in [3.63, 3.8) is 0 Å². The number of nitrogens with zero attached hydrogens (tertiary/aromatic N) is 2. The molecule has 4 heteroatoms. The van der Waals surface area contributed by atoms with Gasteiger partial charge >= 0.3 is 0 Å². The minimum absolute atomic E-state index is 0.651. The van der Waals surface area contributed by atoms with Gasteiger partial charge < -0.3 is 0 Å². The van der Waals surface area contributed by atoms with Gasteiger partial charge in [0.25, 0.3) is 0 Å². The highest BCUT2D eigenvalue weighted by atomic mass is 32.2. The molecule has 3 rings (SSSR count). The predicted molar refractivity (Wildman–Crippen MR) is 93.1 cm³/mol. The van der Waals surface area contributed by atoms with Gasteiger partial charge in [-0.3, -0.25) is 0 Å². The number of hydrogen-bond acceptors (Lipinski definition) is 4. The van der Waals surface area contributed by atoms with Gasteiger partial charge in [0.2, 0.25) is 0 Å². The molecule has 2 nitrogen and oxygen atoms in total. The molecule has 0 aliphatic rings. The number of aryl methyl sites for hydroxylation is 1. The van der Waals surface area contributed by atoms with Crippen LogP contribution in [0.1, 0.15) is 11.1 Å². The van der Waals surface area contributed by atoms with E-state index in [1.807, 2.05) is 29.6 Å². The molecule has 108 valence electrons. The van der Waals surface area contributed by atoms with E-state index in [1.165, 1.54) is 5.56 Å². The first kappa shape index (κ1) is 14.8. The summed E-state index contributed by atoms with van der Waals surface area (Å²) in [5.41, 5.74) is 2.90. The number of nitriles is 1. The number of thiophene rings is 1. The van der Waals surface area contributed by atoms with E-state index in [0.717, 1.165) is 27.8 Å². The second kappa shape index (κ2) is 7.26. The van der Waals surface area contributed by atoms with Crippen molar-refractivity contribution in [3.05, 3.63) is 71.1 Å². The van der Waals surface area contributed by atoms with Crippen molar-refractivity contribution in [2.45, 2.75) is 11.4 Å². The van der Waals surface area contributed by atoms with Crippen molar-refractivity contribution >= 4 is 23.1 Å². The highest BCUT2D eigenvalue weighted by Crippen LogP contribution is 2.28. The molecule has 0 aliphatic carbocycles. The minimum atomic E-state index is 0.651. The summed E-state index contributed by atoms with van der Waals surface area (Å²) in [6.45, 7) is 0. The van der Waals surface area contributed by atoms with Gasteiger partial charge in [-0.1, -0.05) is 36.4 Å². The molecular weight excluding hydrogens is 308 g/mol. The first-order valence-corrected chi connectivity index (χ1v) is 8.85. The van der Waals surface area contributed by atoms with Crippen molar-refractivity contribution in [3.8, 4) is 16.6 Å². The van der Waals surface area contributed by atoms with Gasteiger partial charge in [0, 0.05) is 5.75 Å². The van der Waals surface area contributed by atoms with E-state index < -0.39 is 0 Å². The normalized spacial score (nSPS) is 10.3. The van der Waals surface area contributed by atoms with Gasteiger partial charge in [0.1, 0.15) is 11.1 Å². The van der Waals surface area contributed by atoms with Crippen LogP contribution in [0.25, 0.3) is 10.6 Å². The molecule has 2 aromatic heterocycles. The van der Waals surface area contributed by atoms with Crippen molar-refractivity contribution in [2.24, 2.45) is 0 Å². The summed E-state index contributed by atoms with van der Waals surface area (Å²) in [6.07, 6.45) is 0.973. The second-order valence-electron chi connectivity index (χ2n) is 4.72. The molecule has 0 amide bonds. The number of aromatic nitrogens is 1. The monoisotopic (exact) mass is 322 g/mol. The van der Waals surface area contributed by atoms with Gasteiger partial charge in [-0.05, 0) is 35.6 Å². The minimum Gasteiger partial charge on any atom is -0.239 e. The average Bonchev–Trinajstić information content (AvgIpc) is 3.10. The van der Waals surface area contributed by atoms with Crippen molar-refractivity contribution in [1.82, 2.24) is 4.98 Å². The second-order valence-corrected chi connectivity index (χ2v) is 6.75. The van der Waals surface area contributed by atoms with E-state index in [2.05, 4.69) is 41.4 Å². The van der Waals surface area contributed by atoms with Crippen LogP contribution < -0.4 is 0 Å². The van der Waals surface area contributed by atoms with Crippen molar-refractivity contribution in [2.75, 3.05) is 5.75 Å². The highest BCUT2D eigenvalue weighted by Gasteiger charge is 2.08. The zero-order valence-corrected chi connectivity index (χ0v) is 13.5. The van der Waals surface area contributed by atoms with Crippen LogP contribution in [-0.2, 0) is 6.42 Å². The van der Waals surface area contributed by atoms with E-state index in [4.69, 9.17) is 0 Å². The van der Waals surface area contributed by atoms with Gasteiger partial charge in [-0.15, -0.1) is 23.1 Å². The molecule has 0 fully saturated rings. The maximum absolute atomic E-state index is 9.26. The number of benzene rings is 1. The van der Waals surface area contributed by atoms with Crippen LogP contribution in [0.15, 0.2) is 65.0 Å². The number of rotatable bonds is 5. The molecule has 0 saturated carbocycles. The van der Waals surface area contributed by atoms with Gasteiger partial charge in [-0.25, -0.2) is 4.98 Å². The fourth-order valence-corrected chi connectivity index (χ4v) is 3.77. The van der Waals surface area contributed by atoms with Crippen LogP contribution in [0.2, 0.25) is 0 Å². The van der Waals surface area contributed by atoms with Crippen LogP contribution in [0.3, 0.4) is 0 Å². The topological polar surface area (TPSA) is 36.7 Å². The molecule has 1 aromatic carbocycles. The number of hydrogen-bond donors (Lipinski definition) is 0. The standard InChI is InChI=1S/C18H14N2S2/c19-13-15-8-9-16(17-7-4-11-21-17)20-18(15)22-12-10-14-5-2-1-3-6-14/h1-9,11H,10,12H2. The van der Waals surface area contributed by atoms with Gasteiger partial charge in [0.15, 0.2) is 0 Å². The lowest BCUT2D eigenvalue weighted by molar-refractivity contribution is 1.10. The van der Waals surface area contributed by atoms with Gasteiger partial charge in [-0.2, -0.15) is 5.26 Å². The van der Waals surface area contributed by atoms with Crippen LogP contribution in [0, 0.1) is 11.3 Å². The molecule has 3 aromatic rings. The molecule has 0 bridgehead atoms. The summed E-state index contributed by atoms with van der Waals surface area (Å²) in [6, 6.07) is 20.5. The van der Waals surface area contributed by atoms with Crippen LogP contribution in [-0.4, -0.2) is 10.7 Å². The highest BCUT2D eigenvalue weighted by molar-refractivity contribution is 7.99. The van der Waals surface area contributed by atoms with E-state index in [1.54, 1.807) is 23.1 Å². The maximum atomic E-state index is 9.26. The Labute approximate surface area is 138 Å². The quantitative estimate of drug-likeness (QED) is 0.619. The lowest BCUT2D eigenvalue weighted by atomic mass is 10.2. The van der Waals surface area contributed by atoms with E-state index >= 15 is 0 Å². The Bertz CT molecular complexity index is 775. The first-order valence-electron chi connectivity index (χ1n) is 6.98. The fourth-order valence-electron chi connectivity index (χ4n) is 2.11. The summed E-state index contributed by atoms with van der Waals surface area (Å²) in [4.78, 5) is 5.80. The van der Waals surface area contributed by atoms with E-state index in [-0.39, 0.29) is 0 Å². The molecule has 0 N–H and O–H groups in total. The van der Waals surface area contributed by atoms with Crippen molar-refractivity contribution < 1.29 is 0 Å². The van der Waals surface area contributed by atoms with Crippen LogP contribution in [0.4, 0.5) is 0 Å². The molecule has 0 radical (unpaired) electrons. The van der Waals surface area contributed by atoms with Gasteiger partial charge in [0.05, 0.1) is 16.1 Å². The smallest absolute Gasteiger partial charge is 0.115 e. The lowest BCUT2D eigenvalue weighted by Crippen LogP contribution is -1.93. The summed E-state index contributed by atoms with van der Waals surface area (Å²) in [5, 5.41) is 12.1. The molecule has 0 unspecified atom stereocenters. The summed E-state index contributed by atoms with van der Waals surface area (Å²) in [7, 11) is 0. The Kier molecular flexibility index (Phi) is 4.89. The third kappa shape index (κ3) is 3.56. The molecule has 22 heavy (non-hydrogen) atoms. The largest absolute Gasteiger partial charge is 0.239 e. The third-order valence-electron chi connectivity index (χ3n) is 3.23. The summed E-state index contributed by atoms with van der Waals surface area (Å²) >= 11 is 3.31. The summed E-state index contributed by atoms with van der Waals surface area (Å²) in [5.74, 6) is 0.916. The fraction of sp³-hybridized carbons (Fsp3) is 0.111. The molecule has 0 saturated heterocycles. The Balaban J connectivity index is 1.74. The number of thioether (sulfide) groups is 1. The summed E-state index contributed by atoms with van der Waals surface area (Å²) < 4.78 is 0. The third-order valence-corrected chi connectivity index (χ3v) is 5.11. The lowest BCUT2D eigenvalue weighted by Gasteiger charge is -2.06. The Morgan fingerprint density at radius 1 is 1.05 bits per heavy atom. The molecule has 0 aliphatic heterocycles. The predicted octanol–water partition coefficient (Wildman–Crippen LogP) is 5.02. The Morgan fingerprint density at radius 2 is 1.91 bits per heavy atom. The maximum Gasteiger partial charge on any atom is 0.115 e. The first-order chi connectivity index (χ1) is 10.9. The van der Waals surface area contributed by atoms with Crippen LogP contribution in [0.5, 0.6) is 0 Å². The average molecular weight is 322 g/mol. The zero-order chi connectivity index (χ0) is 15.2. The van der Waals surface area contributed by atoms with Crippen LogP contribution >= 0.6 is 23.1 Å².